The molecule has 0 bridgehead atoms. The average Bonchev–Trinajstić information content (AvgIpc) is 3.33. The Hall–Kier alpha value is -6.61. The number of benzene rings is 2. The van der Waals surface area contributed by atoms with Crippen molar-refractivity contribution in [3.8, 4) is 0 Å². The zero-order chi connectivity index (χ0) is 38.9. The van der Waals surface area contributed by atoms with Crippen LogP contribution in [-0.4, -0.2) is 44.8 Å². The fourth-order valence-corrected chi connectivity index (χ4v) is 6.45. The minimum atomic E-state index is -0.414. The van der Waals surface area contributed by atoms with Gasteiger partial charge in [0, 0.05) is 77.1 Å². The van der Waals surface area contributed by atoms with E-state index in [4.69, 9.17) is 0 Å². The van der Waals surface area contributed by atoms with Crippen molar-refractivity contribution in [2.75, 3.05) is 16.8 Å². The van der Waals surface area contributed by atoms with Gasteiger partial charge < -0.3 is 10.2 Å². The quantitative estimate of drug-likeness (QED) is 0.0886. The standard InChI is InChI=1S/C46H43N5O4/c1-30(2)11-5-12-31(3)13-6-14-32(4)20-24-51-40-26-36(43(52)33-15-8-21-47-27-33)25-39(45(54)35-17-10-23-49-29-35)42(40)50-41-37(18-7-19-38(41)46(51)55)44(53)34-16-9-22-48-28-34/h7-11,13,15-23,25-29,50H,5-6,12,14,24H2,1-4H3. The van der Waals surface area contributed by atoms with Gasteiger partial charge in [-0.3, -0.25) is 34.1 Å². The van der Waals surface area contributed by atoms with Crippen LogP contribution in [0.5, 0.6) is 0 Å². The highest BCUT2D eigenvalue weighted by Crippen LogP contribution is 2.42. The van der Waals surface area contributed by atoms with Gasteiger partial charge in [0.25, 0.3) is 5.91 Å². The molecule has 3 aromatic heterocycles. The molecule has 0 atom stereocenters. The number of allylic oxidation sites excluding steroid dienone is 5. The molecule has 0 radical (unpaired) electrons. The summed E-state index contributed by atoms with van der Waals surface area (Å²) in [5, 5.41) is 3.36. The van der Waals surface area contributed by atoms with E-state index in [1.54, 1.807) is 84.2 Å². The van der Waals surface area contributed by atoms with E-state index in [9.17, 15) is 19.2 Å². The lowest BCUT2D eigenvalue weighted by Gasteiger charge is -2.24. The number of hydrogen-bond donors (Lipinski definition) is 1. The van der Waals surface area contributed by atoms with Gasteiger partial charge in [-0.25, -0.2) is 0 Å². The van der Waals surface area contributed by atoms with Gasteiger partial charge in [0.15, 0.2) is 17.3 Å². The molecule has 55 heavy (non-hydrogen) atoms. The van der Waals surface area contributed by atoms with Crippen molar-refractivity contribution in [2.24, 2.45) is 0 Å². The number of carbonyl (C=O) groups is 4. The van der Waals surface area contributed by atoms with E-state index in [-0.39, 0.29) is 51.7 Å². The number of carbonyl (C=O) groups excluding carboxylic acids is 4. The van der Waals surface area contributed by atoms with Crippen LogP contribution in [-0.2, 0) is 0 Å². The van der Waals surface area contributed by atoms with Crippen LogP contribution in [0.3, 0.4) is 0 Å². The fourth-order valence-electron chi connectivity index (χ4n) is 6.45. The number of hydrogen-bond acceptors (Lipinski definition) is 8. The maximum Gasteiger partial charge on any atom is 0.260 e. The summed E-state index contributed by atoms with van der Waals surface area (Å²) in [7, 11) is 0. The van der Waals surface area contributed by atoms with E-state index in [2.05, 4.69) is 53.2 Å². The van der Waals surface area contributed by atoms with E-state index < -0.39 is 11.7 Å². The Morgan fingerprint density at radius 3 is 1.76 bits per heavy atom. The molecule has 0 unspecified atom stereocenters. The largest absolute Gasteiger partial charge is 0.352 e. The van der Waals surface area contributed by atoms with Gasteiger partial charge >= 0.3 is 0 Å². The lowest BCUT2D eigenvalue weighted by Crippen LogP contribution is -2.31. The van der Waals surface area contributed by atoms with Crippen molar-refractivity contribution in [3.05, 3.63) is 178 Å². The van der Waals surface area contributed by atoms with Crippen LogP contribution >= 0.6 is 0 Å². The van der Waals surface area contributed by atoms with E-state index >= 15 is 0 Å². The van der Waals surface area contributed by atoms with Crippen molar-refractivity contribution >= 4 is 40.3 Å². The Morgan fingerprint density at radius 1 is 0.618 bits per heavy atom. The molecule has 0 fully saturated rings. The highest BCUT2D eigenvalue weighted by atomic mass is 16.2. The first-order valence-electron chi connectivity index (χ1n) is 18.3. The molecule has 276 valence electrons. The van der Waals surface area contributed by atoms with Gasteiger partial charge in [-0.2, -0.15) is 0 Å². The third-order valence-corrected chi connectivity index (χ3v) is 9.47. The number of amides is 1. The second-order valence-electron chi connectivity index (χ2n) is 13.9. The van der Waals surface area contributed by atoms with Gasteiger partial charge in [0.1, 0.15) is 0 Å². The summed E-state index contributed by atoms with van der Waals surface area (Å²) in [6.45, 7) is 8.54. The number of fused-ring (bicyclic) bond motifs is 2. The Kier molecular flexibility index (Phi) is 12.1. The van der Waals surface area contributed by atoms with Gasteiger partial charge in [0.2, 0.25) is 0 Å². The molecule has 1 aliphatic heterocycles. The van der Waals surface area contributed by atoms with Gasteiger partial charge in [-0.05, 0) is 114 Å². The van der Waals surface area contributed by atoms with Crippen LogP contribution < -0.4 is 10.2 Å². The molecule has 4 heterocycles. The molecule has 2 aromatic carbocycles. The molecule has 9 heteroatoms. The molecule has 0 spiro atoms. The van der Waals surface area contributed by atoms with Crippen molar-refractivity contribution in [2.45, 2.75) is 53.4 Å². The number of anilines is 3. The predicted octanol–water partition coefficient (Wildman–Crippen LogP) is 9.69. The zero-order valence-corrected chi connectivity index (χ0v) is 31.5. The predicted molar refractivity (Wildman–Crippen MR) is 216 cm³/mol. The number of nitrogens with one attached hydrogen (secondary N) is 1. The monoisotopic (exact) mass is 729 g/mol. The molecule has 0 saturated carbocycles. The number of rotatable bonds is 14. The van der Waals surface area contributed by atoms with Gasteiger partial charge in [-0.15, -0.1) is 0 Å². The Bertz CT molecular complexity index is 2330. The van der Waals surface area contributed by atoms with Crippen LogP contribution in [0.15, 0.2) is 139 Å². The molecular weight excluding hydrogens is 687 g/mol. The topological polar surface area (TPSA) is 122 Å². The third-order valence-electron chi connectivity index (χ3n) is 9.47. The number of para-hydroxylation sites is 1. The third kappa shape index (κ3) is 8.96. The highest BCUT2D eigenvalue weighted by molar-refractivity contribution is 6.24. The molecular formula is C46H43N5O4. The summed E-state index contributed by atoms with van der Waals surface area (Å²) in [6, 6.07) is 18.1. The average molecular weight is 730 g/mol. The van der Waals surface area contributed by atoms with Crippen molar-refractivity contribution in [1.82, 2.24) is 15.0 Å². The highest BCUT2D eigenvalue weighted by Gasteiger charge is 2.33. The first kappa shape index (κ1) is 38.1. The fraction of sp³-hybridized carbons (Fsp3) is 0.196. The van der Waals surface area contributed by atoms with E-state index in [1.807, 2.05) is 13.0 Å². The zero-order valence-electron chi connectivity index (χ0n) is 31.5. The lowest BCUT2D eigenvalue weighted by atomic mass is 9.95. The number of ketones is 3. The van der Waals surface area contributed by atoms with Gasteiger partial charge in [-0.1, -0.05) is 41.0 Å². The van der Waals surface area contributed by atoms with Crippen LogP contribution in [0, 0.1) is 0 Å². The number of nitrogens with zero attached hydrogens (tertiary/aromatic N) is 4. The molecule has 1 amide bonds. The van der Waals surface area contributed by atoms with Crippen LogP contribution in [0.25, 0.3) is 0 Å². The minimum Gasteiger partial charge on any atom is -0.352 e. The minimum absolute atomic E-state index is 0.140. The summed E-state index contributed by atoms with van der Waals surface area (Å²) in [4.78, 5) is 71.2. The molecule has 9 nitrogen and oxygen atoms in total. The van der Waals surface area contributed by atoms with E-state index in [0.717, 1.165) is 31.3 Å². The Balaban J connectivity index is 1.48. The molecule has 0 saturated heterocycles. The maximum absolute atomic E-state index is 14.8. The Labute approximate surface area is 321 Å². The van der Waals surface area contributed by atoms with Crippen molar-refractivity contribution in [1.29, 1.82) is 0 Å². The maximum atomic E-state index is 14.8. The Morgan fingerprint density at radius 2 is 1.18 bits per heavy atom. The van der Waals surface area contributed by atoms with Gasteiger partial charge in [0.05, 0.1) is 22.6 Å². The van der Waals surface area contributed by atoms with Crippen molar-refractivity contribution < 1.29 is 19.2 Å². The second-order valence-corrected chi connectivity index (χ2v) is 13.9. The summed E-state index contributed by atoms with van der Waals surface area (Å²) < 4.78 is 0. The molecule has 0 aliphatic carbocycles. The normalized spacial score (nSPS) is 12.6. The SMILES string of the molecule is CC(C)=CCCC(C)=CCCC(C)=CCN1C(=O)c2cccc(C(=O)c3cccnc3)c2Nc2c(C(=O)c3cccnc3)cc(C(=O)c3cccnc3)cc21. The second kappa shape index (κ2) is 17.5. The van der Waals surface area contributed by atoms with Crippen LogP contribution in [0.1, 0.15) is 112 Å². The first-order valence-corrected chi connectivity index (χ1v) is 18.3. The van der Waals surface area contributed by atoms with Crippen LogP contribution in [0.2, 0.25) is 0 Å². The molecule has 5 aromatic rings. The summed E-state index contributed by atoms with van der Waals surface area (Å²) in [6.07, 6.45) is 19.3. The lowest BCUT2D eigenvalue weighted by molar-refractivity contribution is 0.0987. The summed E-state index contributed by atoms with van der Waals surface area (Å²) >= 11 is 0. The first-order chi connectivity index (χ1) is 26.6. The number of aromatic nitrogens is 3. The molecule has 1 aliphatic rings. The number of pyridine rings is 3. The van der Waals surface area contributed by atoms with E-state index in [1.165, 1.54) is 35.8 Å². The summed E-state index contributed by atoms with van der Waals surface area (Å²) in [5.74, 6) is -1.52. The smallest absolute Gasteiger partial charge is 0.260 e. The van der Waals surface area contributed by atoms with Crippen LogP contribution in [0.4, 0.5) is 17.1 Å². The van der Waals surface area contributed by atoms with E-state index in [0.29, 0.717) is 22.4 Å². The molecule has 6 rings (SSSR count). The summed E-state index contributed by atoms with van der Waals surface area (Å²) in [5.41, 5.74) is 6.37. The molecule has 1 N–H and O–H groups in total. The van der Waals surface area contributed by atoms with Crippen molar-refractivity contribution in [3.63, 3.8) is 0 Å².